The number of carbonyl (C=O) groups is 2. The van der Waals surface area contributed by atoms with Crippen LogP contribution in [-0.2, 0) is 16.0 Å². The highest BCUT2D eigenvalue weighted by molar-refractivity contribution is 6.00. The smallest absolute Gasteiger partial charge is 0.311 e. The summed E-state index contributed by atoms with van der Waals surface area (Å²) in [6, 6.07) is 11.7. The van der Waals surface area contributed by atoms with Crippen molar-refractivity contribution in [3.63, 3.8) is 0 Å². The van der Waals surface area contributed by atoms with Crippen LogP contribution in [0.15, 0.2) is 48.5 Å². The van der Waals surface area contributed by atoms with Gasteiger partial charge < -0.3 is 4.74 Å². The van der Waals surface area contributed by atoms with Crippen LogP contribution in [0.2, 0.25) is 0 Å². The van der Waals surface area contributed by atoms with E-state index in [1.807, 2.05) is 0 Å². The Bertz CT molecular complexity index is 663. The monoisotopic (exact) mass is 304 g/mol. The van der Waals surface area contributed by atoms with Gasteiger partial charge in [0.15, 0.2) is 6.10 Å². The SMILES string of the molecule is CC(OC(=O)Cc1c(F)cccc1F)C(=O)c1ccccc1. The number of halogens is 2. The van der Waals surface area contributed by atoms with Crippen molar-refractivity contribution >= 4 is 11.8 Å². The quantitative estimate of drug-likeness (QED) is 0.628. The zero-order valence-corrected chi connectivity index (χ0v) is 11.9. The molecule has 0 aromatic heterocycles. The number of ketones is 1. The molecule has 0 aliphatic heterocycles. The molecule has 3 nitrogen and oxygen atoms in total. The van der Waals surface area contributed by atoms with Crippen LogP contribution in [0.4, 0.5) is 8.78 Å². The van der Waals surface area contributed by atoms with Crippen LogP contribution >= 0.6 is 0 Å². The van der Waals surface area contributed by atoms with Crippen molar-refractivity contribution in [2.45, 2.75) is 19.4 Å². The van der Waals surface area contributed by atoms with Gasteiger partial charge in [-0.1, -0.05) is 36.4 Å². The van der Waals surface area contributed by atoms with E-state index in [0.717, 1.165) is 12.1 Å². The Hall–Kier alpha value is -2.56. The second-order valence-corrected chi connectivity index (χ2v) is 4.74. The van der Waals surface area contributed by atoms with Gasteiger partial charge in [-0.2, -0.15) is 0 Å². The van der Waals surface area contributed by atoms with Gasteiger partial charge in [0.05, 0.1) is 6.42 Å². The van der Waals surface area contributed by atoms with E-state index < -0.39 is 30.1 Å². The molecule has 114 valence electrons. The molecule has 0 spiro atoms. The fraction of sp³-hybridized carbons (Fsp3) is 0.176. The van der Waals surface area contributed by atoms with Crippen LogP contribution in [0.1, 0.15) is 22.8 Å². The summed E-state index contributed by atoms with van der Waals surface area (Å²) in [5, 5.41) is 0. The minimum atomic E-state index is -1.02. The lowest BCUT2D eigenvalue weighted by Gasteiger charge is -2.12. The normalized spacial score (nSPS) is 11.8. The Kier molecular flexibility index (Phi) is 4.99. The molecule has 2 aromatic carbocycles. The Morgan fingerprint density at radius 3 is 2.18 bits per heavy atom. The highest BCUT2D eigenvalue weighted by Crippen LogP contribution is 2.14. The highest BCUT2D eigenvalue weighted by atomic mass is 19.1. The molecule has 2 rings (SSSR count). The molecule has 0 heterocycles. The molecule has 0 aliphatic rings. The molecule has 0 saturated carbocycles. The third kappa shape index (κ3) is 3.75. The number of Topliss-reactive ketones (excluding diaryl/α,β-unsaturated/α-hetero) is 1. The van der Waals surface area contributed by atoms with Gasteiger partial charge in [0.2, 0.25) is 5.78 Å². The molecule has 22 heavy (non-hydrogen) atoms. The molecule has 0 bridgehead atoms. The summed E-state index contributed by atoms with van der Waals surface area (Å²) in [7, 11) is 0. The fourth-order valence-electron chi connectivity index (χ4n) is 1.98. The van der Waals surface area contributed by atoms with Crippen LogP contribution in [0, 0.1) is 11.6 Å². The minimum absolute atomic E-state index is 0.369. The van der Waals surface area contributed by atoms with Gasteiger partial charge in [0, 0.05) is 11.1 Å². The van der Waals surface area contributed by atoms with E-state index in [1.54, 1.807) is 30.3 Å². The lowest BCUT2D eigenvalue weighted by atomic mass is 10.1. The third-order valence-corrected chi connectivity index (χ3v) is 3.12. The van der Waals surface area contributed by atoms with Crippen LogP contribution in [0.5, 0.6) is 0 Å². The molecule has 2 aromatic rings. The van der Waals surface area contributed by atoms with Gasteiger partial charge in [0.25, 0.3) is 0 Å². The molecule has 0 saturated heterocycles. The first-order valence-electron chi connectivity index (χ1n) is 6.70. The zero-order valence-electron chi connectivity index (χ0n) is 11.9. The zero-order chi connectivity index (χ0) is 16.1. The van der Waals surface area contributed by atoms with Gasteiger partial charge >= 0.3 is 5.97 Å². The van der Waals surface area contributed by atoms with E-state index in [9.17, 15) is 18.4 Å². The second kappa shape index (κ2) is 6.93. The number of hydrogen-bond donors (Lipinski definition) is 0. The van der Waals surface area contributed by atoms with Crippen molar-refractivity contribution in [3.05, 3.63) is 71.3 Å². The predicted octanol–water partition coefficient (Wildman–Crippen LogP) is 3.32. The van der Waals surface area contributed by atoms with E-state index in [4.69, 9.17) is 4.74 Å². The molecule has 5 heteroatoms. The van der Waals surface area contributed by atoms with Crippen molar-refractivity contribution in [1.29, 1.82) is 0 Å². The third-order valence-electron chi connectivity index (χ3n) is 3.12. The largest absolute Gasteiger partial charge is 0.454 e. The predicted molar refractivity (Wildman–Crippen MR) is 76.4 cm³/mol. The summed E-state index contributed by atoms with van der Waals surface area (Å²) in [4.78, 5) is 23.8. The van der Waals surface area contributed by atoms with Crippen molar-refractivity contribution in [2.75, 3.05) is 0 Å². The average Bonchev–Trinajstić information content (AvgIpc) is 2.51. The molecule has 0 aliphatic carbocycles. The summed E-state index contributed by atoms with van der Waals surface area (Å²) in [6.45, 7) is 1.42. The molecule has 0 amide bonds. The maximum absolute atomic E-state index is 13.5. The summed E-state index contributed by atoms with van der Waals surface area (Å²) in [6.07, 6.45) is -1.59. The number of rotatable bonds is 5. The summed E-state index contributed by atoms with van der Waals surface area (Å²) in [5.74, 6) is -2.87. The maximum atomic E-state index is 13.5. The summed E-state index contributed by atoms with van der Waals surface area (Å²) in [5.41, 5.74) is 0.0340. The molecule has 1 unspecified atom stereocenters. The van der Waals surface area contributed by atoms with Crippen molar-refractivity contribution in [2.24, 2.45) is 0 Å². The first kappa shape index (κ1) is 15.8. The first-order valence-corrected chi connectivity index (χ1v) is 6.70. The Labute approximate surface area is 126 Å². The summed E-state index contributed by atoms with van der Waals surface area (Å²) < 4.78 is 31.9. The van der Waals surface area contributed by atoms with Crippen molar-refractivity contribution < 1.29 is 23.1 Å². The van der Waals surface area contributed by atoms with Crippen LogP contribution < -0.4 is 0 Å². The number of esters is 1. The average molecular weight is 304 g/mol. The van der Waals surface area contributed by atoms with E-state index in [2.05, 4.69) is 0 Å². The van der Waals surface area contributed by atoms with Crippen molar-refractivity contribution in [1.82, 2.24) is 0 Å². The molecule has 1 atom stereocenters. The second-order valence-electron chi connectivity index (χ2n) is 4.74. The lowest BCUT2D eigenvalue weighted by molar-refractivity contribution is -0.145. The Morgan fingerprint density at radius 1 is 1.00 bits per heavy atom. The van der Waals surface area contributed by atoms with E-state index in [1.165, 1.54) is 13.0 Å². The van der Waals surface area contributed by atoms with Gasteiger partial charge in [-0.05, 0) is 19.1 Å². The lowest BCUT2D eigenvalue weighted by Crippen LogP contribution is -2.25. The first-order chi connectivity index (χ1) is 10.5. The molecule has 0 radical (unpaired) electrons. The van der Waals surface area contributed by atoms with E-state index >= 15 is 0 Å². The minimum Gasteiger partial charge on any atom is -0.454 e. The highest BCUT2D eigenvalue weighted by Gasteiger charge is 2.21. The topological polar surface area (TPSA) is 43.4 Å². The molecular formula is C17H14F2O3. The number of benzene rings is 2. The number of hydrogen-bond acceptors (Lipinski definition) is 3. The standard InChI is InChI=1S/C17H14F2O3/c1-11(17(21)12-6-3-2-4-7-12)22-16(20)10-13-14(18)8-5-9-15(13)19/h2-9,11H,10H2,1H3. The fourth-order valence-corrected chi connectivity index (χ4v) is 1.98. The summed E-state index contributed by atoms with van der Waals surface area (Å²) >= 11 is 0. The van der Waals surface area contributed by atoms with Crippen LogP contribution in [0.25, 0.3) is 0 Å². The van der Waals surface area contributed by atoms with Gasteiger partial charge in [-0.25, -0.2) is 8.78 Å². The molecule has 0 fully saturated rings. The van der Waals surface area contributed by atoms with Gasteiger partial charge in [-0.3, -0.25) is 9.59 Å². The Morgan fingerprint density at radius 2 is 1.59 bits per heavy atom. The van der Waals surface area contributed by atoms with E-state index in [-0.39, 0.29) is 11.3 Å². The van der Waals surface area contributed by atoms with E-state index in [0.29, 0.717) is 5.56 Å². The van der Waals surface area contributed by atoms with Gasteiger partial charge in [0.1, 0.15) is 11.6 Å². The van der Waals surface area contributed by atoms with Gasteiger partial charge in [-0.15, -0.1) is 0 Å². The van der Waals surface area contributed by atoms with Crippen molar-refractivity contribution in [3.8, 4) is 0 Å². The molecule has 0 N–H and O–H groups in total. The Balaban J connectivity index is 2.01. The molecular weight excluding hydrogens is 290 g/mol. The number of ether oxygens (including phenoxy) is 1. The van der Waals surface area contributed by atoms with Crippen LogP contribution in [-0.4, -0.2) is 17.9 Å². The number of carbonyl (C=O) groups excluding carboxylic acids is 2. The maximum Gasteiger partial charge on any atom is 0.311 e. The van der Waals surface area contributed by atoms with Crippen LogP contribution in [0.3, 0.4) is 0 Å².